The van der Waals surface area contributed by atoms with Gasteiger partial charge in [-0.1, -0.05) is 13.8 Å². The summed E-state index contributed by atoms with van der Waals surface area (Å²) in [4.78, 5) is 12.7. The molecule has 0 radical (unpaired) electrons. The van der Waals surface area contributed by atoms with Crippen molar-refractivity contribution in [2.45, 2.75) is 28.8 Å². The maximum absolute atomic E-state index is 13.5. The van der Waals surface area contributed by atoms with Crippen LogP contribution in [0.3, 0.4) is 0 Å². The molecule has 0 atom stereocenters. The highest BCUT2D eigenvalue weighted by Gasteiger charge is 2.22. The van der Waals surface area contributed by atoms with Gasteiger partial charge < -0.3 is 0 Å². The van der Waals surface area contributed by atoms with Gasteiger partial charge in [0.1, 0.15) is 27.1 Å². The summed E-state index contributed by atoms with van der Waals surface area (Å²) >= 11 is 1.23. The molecule has 0 aliphatic heterocycles. The standard InChI is InChI=1S/C17H17FN4O2S2/c1-3-22(4-2)26(23,24)13-6-8-16(19-10-13)25-17-14-9-12(18)5-7-15(14)20-11-21-17/h5-11H,3-4H2,1-2H3. The molecule has 2 heterocycles. The van der Waals surface area contributed by atoms with Crippen molar-refractivity contribution in [3.8, 4) is 0 Å². The number of hydrogen-bond donors (Lipinski definition) is 0. The van der Waals surface area contributed by atoms with Gasteiger partial charge >= 0.3 is 0 Å². The van der Waals surface area contributed by atoms with E-state index in [1.54, 1.807) is 26.0 Å². The lowest BCUT2D eigenvalue weighted by atomic mass is 10.2. The second-order valence-corrected chi connectivity index (χ2v) is 8.31. The molecule has 26 heavy (non-hydrogen) atoms. The fourth-order valence-corrected chi connectivity index (χ4v) is 4.69. The third kappa shape index (κ3) is 3.69. The van der Waals surface area contributed by atoms with Crippen molar-refractivity contribution in [1.29, 1.82) is 0 Å². The summed E-state index contributed by atoms with van der Waals surface area (Å²) in [7, 11) is -3.54. The molecule has 3 rings (SSSR count). The first-order valence-corrected chi connectivity index (χ1v) is 10.3. The van der Waals surface area contributed by atoms with Crippen LogP contribution in [0.2, 0.25) is 0 Å². The number of sulfonamides is 1. The fraction of sp³-hybridized carbons (Fsp3) is 0.235. The molecule has 0 fully saturated rings. The second-order valence-electron chi connectivity index (χ2n) is 5.36. The maximum Gasteiger partial charge on any atom is 0.244 e. The summed E-state index contributed by atoms with van der Waals surface area (Å²) in [5, 5.41) is 1.70. The third-order valence-electron chi connectivity index (χ3n) is 3.81. The molecule has 0 aliphatic rings. The number of pyridine rings is 1. The molecule has 136 valence electrons. The van der Waals surface area contributed by atoms with E-state index >= 15 is 0 Å². The Morgan fingerprint density at radius 3 is 2.50 bits per heavy atom. The molecule has 2 aromatic heterocycles. The first kappa shape index (κ1) is 18.7. The predicted octanol–water partition coefficient (Wildman–Crippen LogP) is 3.35. The van der Waals surface area contributed by atoms with Gasteiger partial charge in [-0.05, 0) is 42.1 Å². The van der Waals surface area contributed by atoms with Gasteiger partial charge in [0.05, 0.1) is 5.52 Å². The van der Waals surface area contributed by atoms with E-state index in [1.807, 2.05) is 0 Å². The minimum atomic E-state index is -3.54. The molecule has 0 spiro atoms. The minimum absolute atomic E-state index is 0.143. The summed E-state index contributed by atoms with van der Waals surface area (Å²) in [5.41, 5.74) is 0.629. The topological polar surface area (TPSA) is 76.1 Å². The van der Waals surface area contributed by atoms with Gasteiger partial charge in [0.2, 0.25) is 10.0 Å². The van der Waals surface area contributed by atoms with Crippen LogP contribution in [0.15, 0.2) is 57.8 Å². The quantitative estimate of drug-likeness (QED) is 0.599. The van der Waals surface area contributed by atoms with Gasteiger partial charge in [-0.25, -0.2) is 27.8 Å². The van der Waals surface area contributed by atoms with Gasteiger partial charge in [-0.3, -0.25) is 0 Å². The van der Waals surface area contributed by atoms with Crippen molar-refractivity contribution < 1.29 is 12.8 Å². The van der Waals surface area contributed by atoms with Crippen LogP contribution in [0.25, 0.3) is 10.9 Å². The number of rotatable bonds is 6. The summed E-state index contributed by atoms with van der Waals surface area (Å²) in [6.45, 7) is 4.37. The summed E-state index contributed by atoms with van der Waals surface area (Å²) in [6, 6.07) is 7.44. The van der Waals surface area contributed by atoms with Gasteiger partial charge in [0, 0.05) is 24.7 Å². The molecule has 1 aromatic carbocycles. The Morgan fingerprint density at radius 1 is 1.08 bits per heavy atom. The molecule has 0 saturated heterocycles. The lowest BCUT2D eigenvalue weighted by Crippen LogP contribution is -2.30. The van der Waals surface area contributed by atoms with Crippen molar-refractivity contribution in [1.82, 2.24) is 19.3 Å². The summed E-state index contributed by atoms with van der Waals surface area (Å²) in [5.74, 6) is -0.372. The van der Waals surface area contributed by atoms with Crippen molar-refractivity contribution >= 4 is 32.7 Å². The van der Waals surface area contributed by atoms with Crippen molar-refractivity contribution in [3.05, 3.63) is 48.7 Å². The van der Waals surface area contributed by atoms with E-state index < -0.39 is 10.0 Å². The van der Waals surface area contributed by atoms with Crippen LogP contribution >= 0.6 is 11.8 Å². The number of hydrogen-bond acceptors (Lipinski definition) is 6. The molecular weight excluding hydrogens is 375 g/mol. The Labute approximate surface area is 155 Å². The molecule has 0 bridgehead atoms. The molecular formula is C17H17FN4O2S2. The van der Waals surface area contributed by atoms with E-state index in [1.165, 1.54) is 46.8 Å². The maximum atomic E-state index is 13.5. The monoisotopic (exact) mass is 392 g/mol. The van der Waals surface area contributed by atoms with E-state index in [4.69, 9.17) is 0 Å². The van der Waals surface area contributed by atoms with Gasteiger partial charge in [0.15, 0.2) is 0 Å². The Balaban J connectivity index is 1.90. The van der Waals surface area contributed by atoms with E-state index in [9.17, 15) is 12.8 Å². The second kappa shape index (κ2) is 7.65. The third-order valence-corrected chi connectivity index (χ3v) is 6.82. The van der Waals surface area contributed by atoms with Crippen LogP contribution in [0.4, 0.5) is 4.39 Å². The Kier molecular flexibility index (Phi) is 5.49. The molecule has 3 aromatic rings. The lowest BCUT2D eigenvalue weighted by Gasteiger charge is -2.18. The van der Waals surface area contributed by atoms with Crippen molar-refractivity contribution in [3.63, 3.8) is 0 Å². The summed E-state index contributed by atoms with van der Waals surface area (Å²) in [6.07, 6.45) is 2.74. The van der Waals surface area contributed by atoms with Crippen LogP contribution < -0.4 is 0 Å². The number of benzene rings is 1. The summed E-state index contributed by atoms with van der Waals surface area (Å²) < 4.78 is 39.9. The zero-order valence-corrected chi connectivity index (χ0v) is 15.9. The smallest absolute Gasteiger partial charge is 0.244 e. The molecule has 0 amide bonds. The van der Waals surface area contributed by atoms with Gasteiger partial charge in [-0.2, -0.15) is 4.31 Å². The average Bonchev–Trinajstić information content (AvgIpc) is 2.63. The number of aromatic nitrogens is 3. The lowest BCUT2D eigenvalue weighted by molar-refractivity contribution is 0.445. The SMILES string of the molecule is CCN(CC)S(=O)(=O)c1ccc(Sc2ncnc3ccc(F)cc23)nc1. The zero-order valence-electron chi connectivity index (χ0n) is 14.3. The van der Waals surface area contributed by atoms with Gasteiger partial charge in [-0.15, -0.1) is 0 Å². The van der Waals surface area contributed by atoms with Gasteiger partial charge in [0.25, 0.3) is 0 Å². The largest absolute Gasteiger partial charge is 0.248 e. The number of fused-ring (bicyclic) bond motifs is 1. The molecule has 0 aliphatic carbocycles. The van der Waals surface area contributed by atoms with Crippen LogP contribution in [0.1, 0.15) is 13.8 Å². The van der Waals surface area contributed by atoms with Crippen LogP contribution in [0, 0.1) is 5.82 Å². The Morgan fingerprint density at radius 2 is 1.85 bits per heavy atom. The van der Waals surface area contributed by atoms with E-state index in [2.05, 4.69) is 15.0 Å². The van der Waals surface area contributed by atoms with Crippen LogP contribution in [0.5, 0.6) is 0 Å². The van der Waals surface area contributed by atoms with E-state index in [0.717, 1.165) is 0 Å². The first-order valence-electron chi connectivity index (χ1n) is 8.00. The fourth-order valence-electron chi connectivity index (χ4n) is 2.48. The minimum Gasteiger partial charge on any atom is -0.248 e. The number of halogens is 1. The molecule has 0 saturated carbocycles. The normalized spacial score (nSPS) is 12.0. The van der Waals surface area contributed by atoms with Crippen molar-refractivity contribution in [2.75, 3.05) is 13.1 Å². The number of nitrogens with zero attached hydrogens (tertiary/aromatic N) is 4. The average molecular weight is 392 g/mol. The molecule has 9 heteroatoms. The highest BCUT2D eigenvalue weighted by atomic mass is 32.2. The highest BCUT2D eigenvalue weighted by molar-refractivity contribution is 7.99. The Hall–Kier alpha value is -2.10. The highest BCUT2D eigenvalue weighted by Crippen LogP contribution is 2.30. The first-order chi connectivity index (χ1) is 12.5. The molecule has 6 nitrogen and oxygen atoms in total. The van der Waals surface area contributed by atoms with Crippen LogP contribution in [-0.2, 0) is 10.0 Å². The van der Waals surface area contributed by atoms with Crippen molar-refractivity contribution in [2.24, 2.45) is 0 Å². The molecule has 0 N–H and O–H groups in total. The van der Waals surface area contributed by atoms with E-state index in [0.29, 0.717) is 34.0 Å². The van der Waals surface area contributed by atoms with Crippen LogP contribution in [-0.4, -0.2) is 40.8 Å². The zero-order chi connectivity index (χ0) is 18.7. The molecule has 0 unspecified atom stereocenters. The predicted molar refractivity (Wildman–Crippen MR) is 98.0 cm³/mol. The van der Waals surface area contributed by atoms with E-state index in [-0.39, 0.29) is 10.7 Å². The Bertz CT molecular complexity index is 1020.